The van der Waals surface area contributed by atoms with Gasteiger partial charge in [-0.15, -0.1) is 0 Å². The fourth-order valence-corrected chi connectivity index (χ4v) is 12.9. The Morgan fingerprint density at radius 1 is 0.478 bits per heavy atom. The molecule has 6 rings (SSSR count). The summed E-state index contributed by atoms with van der Waals surface area (Å²) in [4.78, 5) is 0. The average Bonchev–Trinajstić information content (AvgIpc) is 2.59. The second kappa shape index (κ2) is 6.63. The van der Waals surface area contributed by atoms with E-state index >= 15 is 0 Å². The van der Waals surface area contributed by atoms with Gasteiger partial charge in [0.2, 0.25) is 0 Å². The maximum atomic E-state index is 1.66. The van der Waals surface area contributed by atoms with Crippen LogP contribution in [0.15, 0.2) is 0 Å². The van der Waals surface area contributed by atoms with Crippen LogP contribution in [0.5, 0.6) is 0 Å². The Bertz CT molecular complexity index is 358. The van der Waals surface area contributed by atoms with Gasteiger partial charge in [0.1, 0.15) is 0 Å². The van der Waals surface area contributed by atoms with Crippen molar-refractivity contribution in [2.45, 2.75) is 113 Å². The van der Waals surface area contributed by atoms with Crippen LogP contribution >= 0.6 is 7.92 Å². The third kappa shape index (κ3) is 2.94. The molecule has 0 radical (unpaired) electrons. The average molecular weight is 333 g/mol. The van der Waals surface area contributed by atoms with Crippen LogP contribution in [0.25, 0.3) is 0 Å². The summed E-state index contributed by atoms with van der Waals surface area (Å²) >= 11 is 0. The Kier molecular flexibility index (Phi) is 4.51. The molecule has 0 spiro atoms. The van der Waals surface area contributed by atoms with Gasteiger partial charge >= 0.3 is 0 Å². The summed E-state index contributed by atoms with van der Waals surface area (Å²) in [5.74, 6) is 4.73. The first-order chi connectivity index (χ1) is 11.4. The molecule has 0 nitrogen and oxygen atoms in total. The molecule has 4 bridgehead atoms. The molecule has 0 N–H and O–H groups in total. The summed E-state index contributed by atoms with van der Waals surface area (Å²) in [6.45, 7) is 0. The summed E-state index contributed by atoms with van der Waals surface area (Å²) in [6.07, 6.45) is 24.2. The largest absolute Gasteiger partial charge is 0.0966 e. The molecule has 0 aromatic carbocycles. The molecule has 0 atom stereocenters. The van der Waals surface area contributed by atoms with E-state index in [2.05, 4.69) is 0 Å². The van der Waals surface area contributed by atoms with E-state index in [4.69, 9.17) is 0 Å². The van der Waals surface area contributed by atoms with Crippen LogP contribution < -0.4 is 0 Å². The zero-order valence-corrected chi connectivity index (χ0v) is 16.0. The molecule has 0 aromatic heterocycles. The van der Waals surface area contributed by atoms with Gasteiger partial charge in [-0.05, 0) is 98.4 Å². The highest BCUT2D eigenvalue weighted by Crippen LogP contribution is 2.69. The van der Waals surface area contributed by atoms with Gasteiger partial charge in [-0.25, -0.2) is 0 Å². The lowest BCUT2D eigenvalue weighted by atomic mass is 9.56. The van der Waals surface area contributed by atoms with E-state index in [9.17, 15) is 0 Å². The molecule has 6 aliphatic carbocycles. The second-order valence-corrected chi connectivity index (χ2v) is 12.9. The van der Waals surface area contributed by atoms with Crippen LogP contribution in [0.1, 0.15) is 96.3 Å². The lowest BCUT2D eigenvalue weighted by Crippen LogP contribution is -2.49. The van der Waals surface area contributed by atoms with Crippen molar-refractivity contribution in [3.05, 3.63) is 0 Å². The van der Waals surface area contributed by atoms with E-state index in [1.54, 1.807) is 96.3 Å². The minimum Gasteiger partial charge on any atom is -0.0966 e. The van der Waals surface area contributed by atoms with Crippen molar-refractivity contribution in [2.75, 3.05) is 0 Å². The van der Waals surface area contributed by atoms with Crippen molar-refractivity contribution < 1.29 is 0 Å². The van der Waals surface area contributed by atoms with Crippen molar-refractivity contribution in [3.63, 3.8) is 0 Å². The van der Waals surface area contributed by atoms with Crippen LogP contribution in [0.2, 0.25) is 0 Å². The van der Waals surface area contributed by atoms with Crippen LogP contribution in [0, 0.1) is 23.7 Å². The Morgan fingerprint density at radius 2 is 0.913 bits per heavy atom. The Balaban J connectivity index is 1.41. The van der Waals surface area contributed by atoms with E-state index in [-0.39, 0.29) is 0 Å². The van der Waals surface area contributed by atoms with Crippen molar-refractivity contribution >= 4 is 7.92 Å². The first kappa shape index (κ1) is 15.7. The number of rotatable bonds is 3. The third-order valence-electron chi connectivity index (χ3n) is 8.51. The molecular weight excluding hydrogens is 295 g/mol. The Morgan fingerprint density at radius 3 is 1.35 bits per heavy atom. The fourth-order valence-electron chi connectivity index (χ4n) is 7.93. The van der Waals surface area contributed by atoms with Gasteiger partial charge in [-0.2, -0.15) is 0 Å². The van der Waals surface area contributed by atoms with Crippen LogP contribution in [-0.2, 0) is 0 Å². The van der Waals surface area contributed by atoms with Gasteiger partial charge in [-0.1, -0.05) is 46.4 Å². The smallest absolute Gasteiger partial charge is 0.0147 e. The fraction of sp³-hybridized carbons (Fsp3) is 1.00. The highest BCUT2D eigenvalue weighted by atomic mass is 31.1. The molecule has 0 heterocycles. The maximum absolute atomic E-state index is 1.66. The quantitative estimate of drug-likeness (QED) is 0.490. The van der Waals surface area contributed by atoms with E-state index in [1.807, 2.05) is 0 Å². The molecule has 130 valence electrons. The van der Waals surface area contributed by atoms with E-state index in [0.717, 1.165) is 0 Å². The normalized spacial score (nSPS) is 45.0. The predicted octanol–water partition coefficient (Wildman–Crippen LogP) is 6.96. The molecule has 6 aliphatic rings. The monoisotopic (exact) mass is 332 g/mol. The van der Waals surface area contributed by atoms with Crippen LogP contribution in [-0.4, -0.2) is 17.0 Å². The minimum atomic E-state index is 0.353. The topological polar surface area (TPSA) is 0 Å². The van der Waals surface area contributed by atoms with Gasteiger partial charge in [0.25, 0.3) is 0 Å². The molecule has 0 aromatic rings. The summed E-state index contributed by atoms with van der Waals surface area (Å²) in [6, 6.07) is 0. The highest BCUT2D eigenvalue weighted by Gasteiger charge is 2.52. The number of hydrogen-bond acceptors (Lipinski definition) is 0. The standard InChI is InChI=1S/C22H37P/c1-3-7-20(8-4-1)23(21-9-5-2-6-10-21)22-18-12-16-11-17(14-18)15-19(22)13-16/h16-22H,1-15H2. The predicted molar refractivity (Wildman–Crippen MR) is 101 cm³/mol. The van der Waals surface area contributed by atoms with Crippen LogP contribution in [0.3, 0.4) is 0 Å². The van der Waals surface area contributed by atoms with Gasteiger partial charge in [-0.3, -0.25) is 0 Å². The minimum absolute atomic E-state index is 0.353. The molecule has 0 aliphatic heterocycles. The maximum Gasteiger partial charge on any atom is -0.0147 e. The lowest BCUT2D eigenvalue weighted by Gasteiger charge is -2.59. The molecule has 23 heavy (non-hydrogen) atoms. The van der Waals surface area contributed by atoms with E-state index in [1.165, 1.54) is 40.6 Å². The molecule has 0 unspecified atom stereocenters. The summed E-state index contributed by atoms with van der Waals surface area (Å²) < 4.78 is 0. The molecule has 0 amide bonds. The van der Waals surface area contributed by atoms with Gasteiger partial charge in [0.15, 0.2) is 0 Å². The lowest BCUT2D eigenvalue weighted by molar-refractivity contribution is 0.0240. The van der Waals surface area contributed by atoms with Gasteiger partial charge in [0.05, 0.1) is 0 Å². The SMILES string of the molecule is C1CCC(P(C2CCCCC2)C2C3CC4CC(C3)CC2C4)CC1. The first-order valence-corrected chi connectivity index (χ1v) is 12.7. The zero-order chi connectivity index (χ0) is 15.2. The first-order valence-electron chi connectivity index (χ1n) is 11.2. The molecular formula is C22H37P. The third-order valence-corrected chi connectivity index (χ3v) is 12.8. The Hall–Kier alpha value is 0.430. The van der Waals surface area contributed by atoms with Gasteiger partial charge < -0.3 is 0 Å². The van der Waals surface area contributed by atoms with Crippen LogP contribution in [0.4, 0.5) is 0 Å². The zero-order valence-electron chi connectivity index (χ0n) is 15.1. The van der Waals surface area contributed by atoms with E-state index < -0.39 is 0 Å². The molecule has 6 fully saturated rings. The molecule has 1 heteroatoms. The van der Waals surface area contributed by atoms with Crippen molar-refractivity contribution in [1.82, 2.24) is 0 Å². The number of hydrogen-bond donors (Lipinski definition) is 0. The van der Waals surface area contributed by atoms with Crippen molar-refractivity contribution in [3.8, 4) is 0 Å². The second-order valence-electron chi connectivity index (χ2n) is 9.95. The Labute approximate surface area is 145 Å². The van der Waals surface area contributed by atoms with Crippen molar-refractivity contribution in [2.24, 2.45) is 23.7 Å². The summed E-state index contributed by atoms with van der Waals surface area (Å²) in [5, 5.41) is 0. The molecule has 6 saturated carbocycles. The summed E-state index contributed by atoms with van der Waals surface area (Å²) in [7, 11) is 0.353. The van der Waals surface area contributed by atoms with E-state index in [0.29, 0.717) is 7.92 Å². The highest BCUT2D eigenvalue weighted by molar-refractivity contribution is 7.60. The molecule has 0 saturated heterocycles. The van der Waals surface area contributed by atoms with Gasteiger partial charge in [0, 0.05) is 0 Å². The van der Waals surface area contributed by atoms with Crippen molar-refractivity contribution in [1.29, 1.82) is 0 Å². The summed E-state index contributed by atoms with van der Waals surface area (Å²) in [5.41, 5.74) is 3.64.